The van der Waals surface area contributed by atoms with Crippen molar-refractivity contribution in [1.82, 2.24) is 0 Å². The quantitative estimate of drug-likeness (QED) is 0.643. The van der Waals surface area contributed by atoms with Crippen molar-refractivity contribution < 1.29 is 4.74 Å². The Morgan fingerprint density at radius 1 is 0.722 bits per heavy atom. The molecule has 0 bridgehead atoms. The number of nitrogens with zero attached hydrogens (tertiary/aromatic N) is 4. The Kier molecular flexibility index (Phi) is 8.21. The standard InChI is InChI=1S/C13H14N4O/c1-2-5-16-13-17-7-4-6-14-8-9-15-10-12-18-11-3-1/h1-11,13H,12H2. The van der Waals surface area contributed by atoms with E-state index in [0.717, 1.165) is 0 Å². The minimum absolute atomic E-state index is 0.416. The zero-order valence-electron chi connectivity index (χ0n) is 9.83. The van der Waals surface area contributed by atoms with E-state index in [4.69, 9.17) is 4.74 Å². The predicted octanol–water partition coefficient (Wildman–Crippen LogP) is 2.31. The molecule has 1 heterocycles. The molecule has 18 heavy (non-hydrogen) atoms. The van der Waals surface area contributed by atoms with Gasteiger partial charge in [-0.15, -0.1) is 0 Å². The second kappa shape index (κ2) is 10.9. The number of rotatable bonds is 0. The number of ether oxygens (including phenoxy) is 1. The fraction of sp³-hybridized carbons (Fsp3) is 0.0769. The molecule has 5 heteroatoms. The molecule has 0 N–H and O–H groups in total. The van der Waals surface area contributed by atoms with Gasteiger partial charge in [0.2, 0.25) is 0 Å². The maximum atomic E-state index is 5.14. The number of aliphatic imine (C=N–C) groups is 4. The van der Waals surface area contributed by atoms with Crippen molar-refractivity contribution in [2.24, 2.45) is 20.0 Å². The van der Waals surface area contributed by atoms with Crippen molar-refractivity contribution in [2.75, 3.05) is 6.61 Å². The van der Waals surface area contributed by atoms with E-state index in [9.17, 15) is 0 Å². The number of hydrogen-bond acceptors (Lipinski definition) is 5. The van der Waals surface area contributed by atoms with Gasteiger partial charge in [0.1, 0.15) is 12.9 Å². The highest BCUT2D eigenvalue weighted by molar-refractivity contribution is 5.80. The first-order valence-electron chi connectivity index (χ1n) is 5.33. The summed E-state index contributed by atoms with van der Waals surface area (Å²) in [4.78, 5) is 15.7. The minimum Gasteiger partial charge on any atom is -0.496 e. The Labute approximate surface area is 106 Å². The molecular formula is C13H14N4O. The largest absolute Gasteiger partial charge is 0.496 e. The smallest absolute Gasteiger partial charge is 0.122 e. The van der Waals surface area contributed by atoms with Crippen molar-refractivity contribution in [2.45, 2.75) is 0 Å². The van der Waals surface area contributed by atoms with Gasteiger partial charge in [-0.25, -0.2) is 9.98 Å². The molecule has 0 aromatic rings. The van der Waals surface area contributed by atoms with Crippen molar-refractivity contribution in [1.29, 1.82) is 0 Å². The van der Waals surface area contributed by atoms with Gasteiger partial charge in [-0.2, -0.15) is 0 Å². The molecule has 0 aromatic heterocycles. The molecule has 0 saturated heterocycles. The molecule has 0 amide bonds. The molecule has 0 spiro atoms. The molecule has 92 valence electrons. The Morgan fingerprint density at radius 2 is 1.61 bits per heavy atom. The molecule has 0 aromatic carbocycles. The monoisotopic (exact) mass is 242 g/mol. The molecule has 0 fully saturated rings. The van der Waals surface area contributed by atoms with Crippen LogP contribution in [0.25, 0.3) is 0 Å². The Morgan fingerprint density at radius 3 is 2.61 bits per heavy atom. The van der Waals surface area contributed by atoms with Crippen LogP contribution in [0, 0.1) is 0 Å². The summed E-state index contributed by atoms with van der Waals surface area (Å²) in [5.41, 5.74) is 0. The van der Waals surface area contributed by atoms with Crippen LogP contribution in [0.1, 0.15) is 0 Å². The molecule has 0 unspecified atom stereocenters. The summed E-state index contributed by atoms with van der Waals surface area (Å²) >= 11 is 0. The molecule has 0 saturated carbocycles. The summed E-state index contributed by atoms with van der Waals surface area (Å²) in [5, 5.41) is 0. The van der Waals surface area contributed by atoms with E-state index < -0.39 is 0 Å². The molecule has 0 radical (unpaired) electrons. The van der Waals surface area contributed by atoms with Gasteiger partial charge >= 0.3 is 0 Å². The van der Waals surface area contributed by atoms with Crippen LogP contribution in [-0.4, -0.2) is 31.6 Å². The fourth-order valence-corrected chi connectivity index (χ4v) is 0.847. The number of allylic oxidation sites excluding steroid dienone is 4. The van der Waals surface area contributed by atoms with Gasteiger partial charge in [-0.05, 0) is 18.2 Å². The highest BCUT2D eigenvalue weighted by Crippen LogP contribution is 1.81. The summed E-state index contributed by atoms with van der Waals surface area (Å²) in [6, 6.07) is 0. The fourth-order valence-electron chi connectivity index (χ4n) is 0.847. The second-order valence-electron chi connectivity index (χ2n) is 2.88. The lowest BCUT2D eigenvalue weighted by molar-refractivity contribution is 0.306. The van der Waals surface area contributed by atoms with Crippen molar-refractivity contribution in [3.05, 3.63) is 49.2 Å². The molecule has 0 aliphatic carbocycles. The lowest BCUT2D eigenvalue weighted by Gasteiger charge is -1.90. The summed E-state index contributed by atoms with van der Waals surface area (Å²) < 4.78 is 5.14. The average molecular weight is 242 g/mol. The molecule has 1 rings (SSSR count). The van der Waals surface area contributed by atoms with E-state index in [1.54, 1.807) is 67.8 Å². The van der Waals surface area contributed by atoms with Crippen LogP contribution in [0.5, 0.6) is 0 Å². The average Bonchev–Trinajstić information content (AvgIpc) is 2.39. The van der Waals surface area contributed by atoms with Crippen LogP contribution in [0.4, 0.5) is 0 Å². The first kappa shape index (κ1) is 13.5. The van der Waals surface area contributed by atoms with Gasteiger partial charge in [-0.3, -0.25) is 9.98 Å². The summed E-state index contributed by atoms with van der Waals surface area (Å²) in [6.45, 7) is 0.416. The van der Waals surface area contributed by atoms with Crippen LogP contribution in [-0.2, 0) is 4.74 Å². The van der Waals surface area contributed by atoms with Crippen LogP contribution < -0.4 is 0 Å². The lowest BCUT2D eigenvalue weighted by Crippen LogP contribution is -1.86. The van der Waals surface area contributed by atoms with Crippen molar-refractivity contribution >= 4 is 25.0 Å². The van der Waals surface area contributed by atoms with Crippen LogP contribution >= 0.6 is 0 Å². The second-order valence-corrected chi connectivity index (χ2v) is 2.88. The van der Waals surface area contributed by atoms with E-state index >= 15 is 0 Å². The zero-order valence-corrected chi connectivity index (χ0v) is 9.83. The van der Waals surface area contributed by atoms with Crippen molar-refractivity contribution in [3.63, 3.8) is 0 Å². The highest BCUT2D eigenvalue weighted by atomic mass is 16.5. The van der Waals surface area contributed by atoms with Crippen molar-refractivity contribution in [3.8, 4) is 0 Å². The third-order valence-corrected chi connectivity index (χ3v) is 1.56. The molecule has 0 atom stereocenters. The van der Waals surface area contributed by atoms with Gasteiger partial charge in [0, 0.05) is 37.2 Å². The van der Waals surface area contributed by atoms with E-state index in [1.807, 2.05) is 0 Å². The van der Waals surface area contributed by atoms with Gasteiger partial charge < -0.3 is 4.74 Å². The SMILES string of the molecule is C1=CC=NC=NC=CC=NC=CN=CCOC=C1. The van der Waals surface area contributed by atoms with Gasteiger partial charge in [-0.1, -0.05) is 6.08 Å². The molecule has 1 aliphatic heterocycles. The normalized spacial score (nSPS) is 16.4. The summed E-state index contributed by atoms with van der Waals surface area (Å²) in [7, 11) is 0. The van der Waals surface area contributed by atoms with Gasteiger partial charge in [0.05, 0.1) is 6.26 Å². The Balaban J connectivity index is 2.58. The lowest BCUT2D eigenvalue weighted by atomic mass is 10.5. The van der Waals surface area contributed by atoms with E-state index in [0.29, 0.717) is 6.61 Å². The predicted molar refractivity (Wildman–Crippen MR) is 76.5 cm³/mol. The van der Waals surface area contributed by atoms with E-state index in [2.05, 4.69) is 20.0 Å². The third kappa shape index (κ3) is 8.72. The number of hydrogen-bond donors (Lipinski definition) is 0. The third-order valence-electron chi connectivity index (χ3n) is 1.56. The van der Waals surface area contributed by atoms with E-state index in [-0.39, 0.29) is 0 Å². The highest BCUT2D eigenvalue weighted by Gasteiger charge is 1.73. The van der Waals surface area contributed by atoms with Crippen LogP contribution in [0.15, 0.2) is 69.1 Å². The maximum Gasteiger partial charge on any atom is 0.122 e. The molecular weight excluding hydrogens is 228 g/mol. The van der Waals surface area contributed by atoms with Crippen LogP contribution in [0.2, 0.25) is 0 Å². The van der Waals surface area contributed by atoms with Gasteiger partial charge in [0.25, 0.3) is 0 Å². The zero-order chi connectivity index (χ0) is 12.7. The Hall–Kier alpha value is -2.56. The first-order valence-corrected chi connectivity index (χ1v) is 5.33. The topological polar surface area (TPSA) is 58.7 Å². The summed E-state index contributed by atoms with van der Waals surface area (Å²) in [5.74, 6) is 0. The molecule has 5 nitrogen and oxygen atoms in total. The van der Waals surface area contributed by atoms with E-state index in [1.165, 1.54) is 6.34 Å². The molecule has 1 aliphatic rings. The first-order chi connectivity index (χ1) is 9.00. The Bertz CT molecular complexity index is 398. The van der Waals surface area contributed by atoms with Gasteiger partial charge in [0.15, 0.2) is 0 Å². The van der Waals surface area contributed by atoms with Crippen LogP contribution in [0.3, 0.4) is 0 Å². The summed E-state index contributed by atoms with van der Waals surface area (Å²) in [6.07, 6.45) is 19.7. The maximum absolute atomic E-state index is 5.14. The minimum atomic E-state index is 0.416.